The molecule has 25 nitrogen and oxygen atoms in total. The van der Waals surface area contributed by atoms with E-state index in [2.05, 4.69) is 0 Å². The highest BCUT2D eigenvalue weighted by Crippen LogP contribution is 2.39. The first kappa shape index (κ1) is 73.7. The molecule has 3 fully saturated rings. The van der Waals surface area contributed by atoms with Gasteiger partial charge < -0.3 is 76.5 Å². The summed E-state index contributed by atoms with van der Waals surface area (Å²) >= 11 is 0. The van der Waals surface area contributed by atoms with Crippen LogP contribution in [0, 0.1) is 0 Å². The maximum absolute atomic E-state index is 15.2. The van der Waals surface area contributed by atoms with E-state index in [-0.39, 0.29) is 50.1 Å². The Morgan fingerprint density at radius 3 is 0.736 bits per heavy atom. The molecule has 0 aliphatic carbocycles. The van der Waals surface area contributed by atoms with Crippen molar-refractivity contribution in [2.75, 3.05) is 19.8 Å². The number of esters is 9. The third-order valence-corrected chi connectivity index (χ3v) is 17.1. The van der Waals surface area contributed by atoms with Gasteiger partial charge in [-0.2, -0.15) is 0 Å². The van der Waals surface area contributed by atoms with Crippen molar-refractivity contribution in [3.05, 3.63) is 323 Å². The van der Waals surface area contributed by atoms with E-state index < -0.39 is 166 Å². The van der Waals surface area contributed by atoms with Crippen LogP contribution in [0.5, 0.6) is 0 Å². The van der Waals surface area contributed by atoms with Gasteiger partial charge in [0.2, 0.25) is 0 Å². The molecule has 3 saturated heterocycles. The van der Waals surface area contributed by atoms with E-state index in [4.69, 9.17) is 66.3 Å². The van der Waals surface area contributed by atoms with Gasteiger partial charge >= 0.3 is 53.7 Å². The highest BCUT2D eigenvalue weighted by atomic mass is 16.8. The summed E-state index contributed by atoms with van der Waals surface area (Å²) in [6.07, 6.45) is -31.8. The van der Waals surface area contributed by atoms with E-state index >= 15 is 9.59 Å². The van der Waals surface area contributed by atoms with Gasteiger partial charge in [-0.3, -0.25) is 0 Å². The van der Waals surface area contributed by atoms with E-state index in [0.29, 0.717) is 0 Å². The van der Waals surface area contributed by atoms with Crippen molar-refractivity contribution in [2.45, 2.75) is 92.1 Å². The van der Waals surface area contributed by atoms with Crippen molar-refractivity contribution in [1.82, 2.24) is 0 Å². The molecule has 542 valence electrons. The van der Waals surface area contributed by atoms with Gasteiger partial charge in [-0.15, -0.1) is 0 Å². The Morgan fingerprint density at radius 2 is 0.443 bits per heavy atom. The molecular weight excluding hydrogens is 1370 g/mol. The zero-order valence-electron chi connectivity index (χ0n) is 56.0. The van der Waals surface area contributed by atoms with E-state index in [1.807, 2.05) is 0 Å². The van der Waals surface area contributed by atoms with E-state index in [9.17, 15) is 43.8 Å². The fourth-order valence-electron chi connectivity index (χ4n) is 11.8. The average molecular weight is 1440 g/mol. The lowest BCUT2D eigenvalue weighted by Crippen LogP contribution is -2.69. The minimum absolute atomic E-state index is 0.0157. The Labute approximate surface area is 605 Å². The largest absolute Gasteiger partial charge is 0.459 e. The molecule has 0 saturated carbocycles. The number of rotatable bonds is 25. The van der Waals surface area contributed by atoms with Crippen LogP contribution in [-0.2, 0) is 66.3 Å². The number of aliphatic hydroxyl groups is 2. The Hall–Kier alpha value is -12.1. The van der Waals surface area contributed by atoms with Crippen LogP contribution in [-0.4, -0.2) is 176 Å². The van der Waals surface area contributed by atoms with Crippen LogP contribution in [0.2, 0.25) is 0 Å². The van der Waals surface area contributed by atoms with Crippen LogP contribution in [0.3, 0.4) is 0 Å². The maximum atomic E-state index is 15.2. The zero-order valence-corrected chi connectivity index (χ0v) is 56.0. The van der Waals surface area contributed by atoms with Gasteiger partial charge in [-0.25, -0.2) is 43.2 Å². The van der Waals surface area contributed by atoms with Gasteiger partial charge in [-0.05, 0) is 109 Å². The van der Waals surface area contributed by atoms with Gasteiger partial charge in [0.15, 0.2) is 55.5 Å². The summed E-state index contributed by atoms with van der Waals surface area (Å²) in [5.41, 5.74) is -0.348. The third-order valence-electron chi connectivity index (χ3n) is 17.1. The summed E-state index contributed by atoms with van der Waals surface area (Å²) in [6.45, 7) is -2.62. The summed E-state index contributed by atoms with van der Waals surface area (Å²) in [4.78, 5) is 130. The van der Waals surface area contributed by atoms with Gasteiger partial charge in [0, 0.05) is 0 Å². The summed E-state index contributed by atoms with van der Waals surface area (Å²) in [7, 11) is 0. The van der Waals surface area contributed by atoms with Crippen LogP contribution in [0.25, 0.3) is 0 Å². The third kappa shape index (κ3) is 18.5. The number of aliphatic hydroxyl groups excluding tert-OH is 2. The number of hydrogen-bond acceptors (Lipinski definition) is 25. The fraction of sp³-hybridized carbons (Fsp3) is 0.222. The van der Waals surface area contributed by atoms with Crippen LogP contribution in [0.1, 0.15) is 93.2 Å². The summed E-state index contributed by atoms with van der Waals surface area (Å²) in [6, 6.07) is 67.7. The molecule has 25 heteroatoms. The van der Waals surface area contributed by atoms with Crippen LogP contribution in [0.15, 0.2) is 273 Å². The smallest absolute Gasteiger partial charge is 0.338 e. The molecule has 9 aromatic rings. The first-order chi connectivity index (χ1) is 51.6. The molecule has 0 bridgehead atoms. The molecule has 0 spiro atoms. The lowest BCUT2D eigenvalue weighted by molar-refractivity contribution is -0.376. The highest BCUT2D eigenvalue weighted by Gasteiger charge is 2.60. The Morgan fingerprint density at radius 1 is 0.236 bits per heavy atom. The molecule has 3 heterocycles. The second kappa shape index (κ2) is 35.4. The van der Waals surface area contributed by atoms with Gasteiger partial charge in [-0.1, -0.05) is 164 Å². The van der Waals surface area contributed by atoms with Gasteiger partial charge in [0.05, 0.1) is 50.1 Å². The number of hydrogen-bond donors (Lipinski definition) is 2. The zero-order chi connectivity index (χ0) is 73.9. The van der Waals surface area contributed by atoms with Crippen molar-refractivity contribution in [3.8, 4) is 0 Å². The lowest BCUT2D eigenvalue weighted by Gasteiger charge is -2.50. The SMILES string of the molecule is O=C(OC[C@H]1O[C@@H](O[C@H]2[C@@H](OC(=O)c3ccccc3)[C@@H](COC(=O)c3ccccc3)O[C@@H](O[C@@H]3[C@@H](OC(=O)c4ccccc4)[C@H](O)O[C@H](COC(=O)c4ccccc4)[C@@H]3OC(=O)c3ccccc3)[C@@H]2OC(=O)c2ccccc2)[C@H](OC(=O)c2ccccc2)[C@@H](O)[C@H]1OC(=O)c1ccccc1)c1ccccc1. The molecular formula is C81H68O25. The van der Waals surface area contributed by atoms with E-state index in [0.717, 1.165) is 0 Å². The maximum Gasteiger partial charge on any atom is 0.338 e. The molecule has 0 unspecified atom stereocenters. The standard InChI is InChI=1S/C81H68O25/c82-61-62(99-73(86)52-34-16-4-17-35-52)58(46-93-70(83)49-28-10-1-11-29-49)97-80(65(61)102-76(89)55-40-22-7-23-41-55)106-67-64(101-75(88)54-38-20-6-21-39-54)60(48-95-72(85)51-32-14-3-15-33-51)98-81(69(67)104-78(91)57-44-26-9-27-45-57)105-66-63(100-74(87)53-36-18-5-19-37-53)59(47-94-71(84)50-30-12-2-13-31-50)96-79(92)68(66)103-77(90)56-42-24-8-25-43-56/h1-45,58-69,79-82,92H,46-48H2/t58-,59-,60-,61+,62+,63+,64+,65-,66+,67+,68-,69-,79-,80+,81+/m1/s1. The molecule has 3 aliphatic rings. The molecule has 2 N–H and O–H groups in total. The Bertz CT molecular complexity index is 4430. The summed E-state index contributed by atoms with van der Waals surface area (Å²) in [5.74, 6) is -9.46. The minimum atomic E-state index is -2.36. The normalized spacial score (nSPS) is 23.9. The molecule has 3 aliphatic heterocycles. The van der Waals surface area contributed by atoms with E-state index in [1.54, 1.807) is 103 Å². The average Bonchev–Trinajstić information content (AvgIpc) is 0.748. The molecule has 0 radical (unpaired) electrons. The minimum Gasteiger partial charge on any atom is -0.459 e. The number of ether oxygens (including phenoxy) is 14. The van der Waals surface area contributed by atoms with Crippen molar-refractivity contribution in [1.29, 1.82) is 0 Å². The first-order valence-corrected chi connectivity index (χ1v) is 33.5. The van der Waals surface area contributed by atoms with Crippen molar-refractivity contribution >= 4 is 53.7 Å². The second-order valence-electron chi connectivity index (χ2n) is 24.2. The monoisotopic (exact) mass is 1440 g/mol. The van der Waals surface area contributed by atoms with Crippen LogP contribution in [0.4, 0.5) is 0 Å². The Balaban J connectivity index is 1.04. The number of carbonyl (C=O) groups excluding carboxylic acids is 9. The molecule has 15 atom stereocenters. The van der Waals surface area contributed by atoms with Gasteiger partial charge in [0.1, 0.15) is 56.4 Å². The predicted octanol–water partition coefficient (Wildman–Crippen LogP) is 9.21. The second-order valence-corrected chi connectivity index (χ2v) is 24.2. The van der Waals surface area contributed by atoms with Crippen LogP contribution < -0.4 is 0 Å². The first-order valence-electron chi connectivity index (χ1n) is 33.5. The molecule has 0 aromatic heterocycles. The lowest BCUT2D eigenvalue weighted by atomic mass is 9.95. The quantitative estimate of drug-likeness (QED) is 0.0397. The molecule has 9 aromatic carbocycles. The molecule has 12 rings (SSSR count). The highest BCUT2D eigenvalue weighted by molar-refractivity contribution is 5.93. The topological polar surface area (TPSA) is 323 Å². The van der Waals surface area contributed by atoms with Crippen LogP contribution >= 0.6 is 0 Å². The molecule has 106 heavy (non-hydrogen) atoms. The Kier molecular flexibility index (Phi) is 24.6. The molecule has 0 amide bonds. The summed E-state index contributed by atoms with van der Waals surface area (Å²) < 4.78 is 89.2. The number of benzene rings is 9. The summed E-state index contributed by atoms with van der Waals surface area (Å²) in [5, 5.41) is 25.5. The van der Waals surface area contributed by atoms with Gasteiger partial charge in [0.25, 0.3) is 0 Å². The van der Waals surface area contributed by atoms with Crippen molar-refractivity contribution < 1.29 is 120 Å². The number of carbonyl (C=O) groups is 9. The van der Waals surface area contributed by atoms with E-state index in [1.165, 1.54) is 170 Å². The fourth-order valence-corrected chi connectivity index (χ4v) is 11.8. The van der Waals surface area contributed by atoms with Crippen molar-refractivity contribution in [2.24, 2.45) is 0 Å². The van der Waals surface area contributed by atoms with Crippen molar-refractivity contribution in [3.63, 3.8) is 0 Å². The predicted molar refractivity (Wildman–Crippen MR) is 368 cm³/mol.